The third-order valence-corrected chi connectivity index (χ3v) is 0.714. The first kappa shape index (κ1) is 10.2. The number of nitrogens with two attached hydrogens (primary N) is 2. The van der Waals surface area contributed by atoms with Crippen molar-refractivity contribution in [2.24, 2.45) is 11.5 Å². The van der Waals surface area contributed by atoms with E-state index in [2.05, 4.69) is 15.5 Å². The van der Waals surface area contributed by atoms with Gasteiger partial charge in [0.2, 0.25) is 0 Å². The Labute approximate surface area is 64.3 Å². The van der Waals surface area contributed by atoms with Crippen LogP contribution in [0.15, 0.2) is 0 Å². The average molecular weight is 164 g/mol. The molecule has 0 saturated heterocycles. The van der Waals surface area contributed by atoms with Crippen LogP contribution in [0, 0.1) is 0 Å². The van der Waals surface area contributed by atoms with Crippen LogP contribution in [0.3, 0.4) is 0 Å². The standard InChI is InChI=1S/C5H12N2O4/c6-1-2-9-3-4-10-11-5(7)8/h1-4,6H2,(H2,7,8). The minimum absolute atomic E-state index is 0.156. The fourth-order valence-corrected chi connectivity index (χ4v) is 0.378. The van der Waals surface area contributed by atoms with Gasteiger partial charge < -0.3 is 16.2 Å². The van der Waals surface area contributed by atoms with Crippen LogP contribution in [0.25, 0.3) is 0 Å². The molecule has 0 aliphatic rings. The van der Waals surface area contributed by atoms with Gasteiger partial charge in [-0.1, -0.05) is 0 Å². The highest BCUT2D eigenvalue weighted by Crippen LogP contribution is 1.79. The second-order valence-corrected chi connectivity index (χ2v) is 1.63. The van der Waals surface area contributed by atoms with E-state index in [0.29, 0.717) is 19.8 Å². The Hall–Kier alpha value is -0.850. The van der Waals surface area contributed by atoms with Crippen molar-refractivity contribution in [3.63, 3.8) is 0 Å². The number of rotatable bonds is 6. The number of amides is 1. The predicted octanol–water partition coefficient (Wildman–Crippen LogP) is -1.01. The lowest BCUT2D eigenvalue weighted by molar-refractivity contribution is -0.242. The maximum Gasteiger partial charge on any atom is 0.436 e. The molecule has 0 aliphatic heterocycles. The van der Waals surface area contributed by atoms with Gasteiger partial charge in [0.1, 0.15) is 6.61 Å². The maximum absolute atomic E-state index is 9.90. The number of carbonyl (C=O) groups is 1. The van der Waals surface area contributed by atoms with Crippen LogP contribution < -0.4 is 11.5 Å². The van der Waals surface area contributed by atoms with Crippen LogP contribution in [0.1, 0.15) is 0 Å². The van der Waals surface area contributed by atoms with Crippen molar-refractivity contribution in [2.45, 2.75) is 0 Å². The number of hydrogen-bond donors (Lipinski definition) is 2. The Morgan fingerprint density at radius 1 is 1.27 bits per heavy atom. The molecule has 4 N–H and O–H groups in total. The first-order valence-electron chi connectivity index (χ1n) is 3.14. The summed E-state index contributed by atoms with van der Waals surface area (Å²) in [5, 5.41) is 0. The Balaban J connectivity index is 2.85. The van der Waals surface area contributed by atoms with Gasteiger partial charge in [-0.15, -0.1) is 0 Å². The Bertz CT molecular complexity index is 109. The highest BCUT2D eigenvalue weighted by atomic mass is 17.2. The second kappa shape index (κ2) is 7.26. The van der Waals surface area contributed by atoms with E-state index in [1.165, 1.54) is 0 Å². The highest BCUT2D eigenvalue weighted by molar-refractivity contribution is 5.63. The summed E-state index contributed by atoms with van der Waals surface area (Å²) in [5.41, 5.74) is 9.71. The molecule has 0 spiro atoms. The van der Waals surface area contributed by atoms with Gasteiger partial charge in [-0.2, -0.15) is 4.89 Å². The zero-order valence-corrected chi connectivity index (χ0v) is 6.12. The van der Waals surface area contributed by atoms with Crippen LogP contribution in [-0.2, 0) is 14.5 Å². The highest BCUT2D eigenvalue weighted by Gasteiger charge is 1.93. The number of ether oxygens (including phenoxy) is 1. The average Bonchev–Trinajstić information content (AvgIpc) is 1.96. The summed E-state index contributed by atoms with van der Waals surface area (Å²) in [5.74, 6) is 0. The molecule has 0 aromatic heterocycles. The molecule has 6 nitrogen and oxygen atoms in total. The monoisotopic (exact) mass is 164 g/mol. The molecule has 0 saturated carbocycles. The van der Waals surface area contributed by atoms with Gasteiger partial charge in [0.05, 0.1) is 13.2 Å². The molecule has 0 aromatic rings. The fourth-order valence-electron chi connectivity index (χ4n) is 0.378. The van der Waals surface area contributed by atoms with Gasteiger partial charge in [-0.25, -0.2) is 4.79 Å². The molecule has 0 fully saturated rings. The summed E-state index contributed by atoms with van der Waals surface area (Å²) < 4.78 is 4.88. The van der Waals surface area contributed by atoms with E-state index in [1.54, 1.807) is 0 Å². The van der Waals surface area contributed by atoms with Crippen LogP contribution in [-0.4, -0.2) is 32.5 Å². The zero-order chi connectivity index (χ0) is 8.53. The molecule has 0 radical (unpaired) electrons. The van der Waals surface area contributed by atoms with Gasteiger partial charge >= 0.3 is 6.09 Å². The number of carbonyl (C=O) groups excluding carboxylic acids is 1. The largest absolute Gasteiger partial charge is 0.436 e. The van der Waals surface area contributed by atoms with Crippen LogP contribution >= 0.6 is 0 Å². The number of hydrogen-bond acceptors (Lipinski definition) is 5. The van der Waals surface area contributed by atoms with E-state index >= 15 is 0 Å². The fraction of sp³-hybridized carbons (Fsp3) is 0.800. The topological polar surface area (TPSA) is 96.8 Å². The molecule has 0 aromatic carbocycles. The van der Waals surface area contributed by atoms with E-state index in [1.807, 2.05) is 0 Å². The first-order valence-corrected chi connectivity index (χ1v) is 3.14. The Kier molecular flexibility index (Phi) is 6.70. The lowest BCUT2D eigenvalue weighted by Gasteiger charge is -2.01. The van der Waals surface area contributed by atoms with E-state index in [4.69, 9.17) is 10.5 Å². The molecule has 0 unspecified atom stereocenters. The summed E-state index contributed by atoms with van der Waals surface area (Å²) in [6.07, 6.45) is -0.969. The minimum Gasteiger partial charge on any atom is -0.378 e. The molecule has 0 heterocycles. The van der Waals surface area contributed by atoms with Gasteiger partial charge in [-0.05, 0) is 0 Å². The molecule has 6 heteroatoms. The van der Waals surface area contributed by atoms with Crippen molar-refractivity contribution >= 4 is 6.09 Å². The SMILES string of the molecule is NCCOCCOOC(N)=O. The lowest BCUT2D eigenvalue weighted by Crippen LogP contribution is -2.16. The predicted molar refractivity (Wildman–Crippen MR) is 36.5 cm³/mol. The van der Waals surface area contributed by atoms with Gasteiger partial charge in [0, 0.05) is 6.54 Å². The van der Waals surface area contributed by atoms with Crippen molar-refractivity contribution in [1.29, 1.82) is 0 Å². The van der Waals surface area contributed by atoms with E-state index < -0.39 is 6.09 Å². The van der Waals surface area contributed by atoms with E-state index in [9.17, 15) is 4.79 Å². The number of primary amides is 1. The molecule has 66 valence electrons. The van der Waals surface area contributed by atoms with Gasteiger partial charge in [0.15, 0.2) is 0 Å². The molecule has 11 heavy (non-hydrogen) atoms. The third-order valence-electron chi connectivity index (χ3n) is 0.714. The molecule has 0 rings (SSSR count). The van der Waals surface area contributed by atoms with Crippen LogP contribution in [0.5, 0.6) is 0 Å². The Morgan fingerprint density at radius 3 is 2.55 bits per heavy atom. The molecular formula is C5H12N2O4. The van der Waals surface area contributed by atoms with Crippen LogP contribution in [0.4, 0.5) is 4.79 Å². The summed E-state index contributed by atoms with van der Waals surface area (Å²) in [6.45, 7) is 1.39. The van der Waals surface area contributed by atoms with Crippen molar-refractivity contribution < 1.29 is 19.3 Å². The molecule has 1 amide bonds. The molecule has 0 aliphatic carbocycles. The van der Waals surface area contributed by atoms with Gasteiger partial charge in [-0.3, -0.25) is 4.89 Å². The van der Waals surface area contributed by atoms with Crippen LogP contribution in [0.2, 0.25) is 0 Å². The molecular weight excluding hydrogens is 152 g/mol. The van der Waals surface area contributed by atoms with Crippen molar-refractivity contribution in [1.82, 2.24) is 0 Å². The van der Waals surface area contributed by atoms with Crippen molar-refractivity contribution in [3.05, 3.63) is 0 Å². The smallest absolute Gasteiger partial charge is 0.378 e. The minimum atomic E-state index is -0.969. The zero-order valence-electron chi connectivity index (χ0n) is 6.12. The lowest BCUT2D eigenvalue weighted by atomic mass is 10.7. The first-order chi connectivity index (χ1) is 5.27. The quantitative estimate of drug-likeness (QED) is 0.298. The maximum atomic E-state index is 9.90. The normalized spacial score (nSPS) is 9.55. The van der Waals surface area contributed by atoms with E-state index in [-0.39, 0.29) is 6.61 Å². The summed E-state index contributed by atoms with van der Waals surface area (Å²) in [6, 6.07) is 0. The third kappa shape index (κ3) is 9.15. The summed E-state index contributed by atoms with van der Waals surface area (Å²) >= 11 is 0. The molecule has 0 atom stereocenters. The molecule has 0 bridgehead atoms. The summed E-state index contributed by atoms with van der Waals surface area (Å²) in [4.78, 5) is 18.2. The Morgan fingerprint density at radius 2 is 2.00 bits per heavy atom. The summed E-state index contributed by atoms with van der Waals surface area (Å²) in [7, 11) is 0. The van der Waals surface area contributed by atoms with Crippen molar-refractivity contribution in [2.75, 3.05) is 26.4 Å². The second-order valence-electron chi connectivity index (χ2n) is 1.63. The van der Waals surface area contributed by atoms with Gasteiger partial charge in [0.25, 0.3) is 0 Å². The van der Waals surface area contributed by atoms with Crippen molar-refractivity contribution in [3.8, 4) is 0 Å². The van der Waals surface area contributed by atoms with E-state index in [0.717, 1.165) is 0 Å².